The van der Waals surface area contributed by atoms with E-state index in [0.29, 0.717) is 11.3 Å². The van der Waals surface area contributed by atoms with E-state index in [1.165, 1.54) is 0 Å². The van der Waals surface area contributed by atoms with E-state index in [1.807, 2.05) is 37.3 Å². The van der Waals surface area contributed by atoms with Gasteiger partial charge in [0.1, 0.15) is 11.5 Å². The van der Waals surface area contributed by atoms with Gasteiger partial charge >= 0.3 is 5.97 Å². The summed E-state index contributed by atoms with van der Waals surface area (Å²) in [5, 5.41) is 0. The monoisotopic (exact) mass is 323 g/mol. The number of methoxy groups -OCH3 is 2. The van der Waals surface area contributed by atoms with E-state index >= 15 is 0 Å². The highest BCUT2D eigenvalue weighted by atomic mass is 16.6. The third kappa shape index (κ3) is 3.01. The third-order valence-corrected chi connectivity index (χ3v) is 3.68. The highest BCUT2D eigenvalue weighted by Gasteiger charge is 2.26. The van der Waals surface area contributed by atoms with Gasteiger partial charge < -0.3 is 14.2 Å². The van der Waals surface area contributed by atoms with Crippen molar-refractivity contribution in [2.75, 3.05) is 14.2 Å². The van der Waals surface area contributed by atoms with Gasteiger partial charge in [0.25, 0.3) is 0 Å². The molecule has 0 bridgehead atoms. The number of para-hydroxylation sites is 1. The SMILES string of the molecule is COc1ccc(/C=C2\N=C(c3ccccc3OC)OC2=O)cc1C. The molecule has 0 aromatic heterocycles. The molecule has 0 saturated heterocycles. The number of hydrogen-bond donors (Lipinski definition) is 0. The number of ether oxygens (including phenoxy) is 3. The first-order valence-corrected chi connectivity index (χ1v) is 7.43. The standard InChI is InChI=1S/C19H17NO4/c1-12-10-13(8-9-16(12)22-2)11-15-19(21)24-18(20-15)14-6-4-5-7-17(14)23-3/h4-11H,1-3H3/b15-11-. The summed E-state index contributed by atoms with van der Waals surface area (Å²) in [7, 11) is 3.19. The van der Waals surface area contributed by atoms with Crippen molar-refractivity contribution >= 4 is 17.9 Å². The Morgan fingerprint density at radius 1 is 1.04 bits per heavy atom. The zero-order valence-electron chi connectivity index (χ0n) is 13.7. The van der Waals surface area contributed by atoms with Crippen LogP contribution in [-0.2, 0) is 9.53 Å². The smallest absolute Gasteiger partial charge is 0.363 e. The molecule has 5 nitrogen and oxygen atoms in total. The Morgan fingerprint density at radius 2 is 1.79 bits per heavy atom. The fourth-order valence-electron chi connectivity index (χ4n) is 2.49. The van der Waals surface area contributed by atoms with Crippen LogP contribution < -0.4 is 9.47 Å². The summed E-state index contributed by atoms with van der Waals surface area (Å²) in [4.78, 5) is 16.4. The van der Waals surface area contributed by atoms with Crippen LogP contribution in [0.15, 0.2) is 53.2 Å². The second-order valence-corrected chi connectivity index (χ2v) is 5.27. The number of cyclic esters (lactones) is 1. The molecule has 0 fully saturated rings. The van der Waals surface area contributed by atoms with Crippen LogP contribution in [-0.4, -0.2) is 26.1 Å². The molecule has 0 unspecified atom stereocenters. The minimum atomic E-state index is -0.482. The van der Waals surface area contributed by atoms with Crippen LogP contribution >= 0.6 is 0 Å². The maximum Gasteiger partial charge on any atom is 0.363 e. The van der Waals surface area contributed by atoms with Crippen molar-refractivity contribution in [1.29, 1.82) is 0 Å². The quantitative estimate of drug-likeness (QED) is 0.639. The van der Waals surface area contributed by atoms with E-state index < -0.39 is 5.97 Å². The Bertz CT molecular complexity index is 852. The van der Waals surface area contributed by atoms with Crippen molar-refractivity contribution in [1.82, 2.24) is 0 Å². The van der Waals surface area contributed by atoms with Crippen LogP contribution in [0.2, 0.25) is 0 Å². The maximum atomic E-state index is 12.1. The Kier molecular flexibility index (Phi) is 4.33. The van der Waals surface area contributed by atoms with E-state index in [4.69, 9.17) is 14.2 Å². The van der Waals surface area contributed by atoms with Gasteiger partial charge in [0, 0.05) is 0 Å². The van der Waals surface area contributed by atoms with Gasteiger partial charge in [0.2, 0.25) is 5.90 Å². The Morgan fingerprint density at radius 3 is 2.50 bits per heavy atom. The first-order chi connectivity index (χ1) is 11.6. The largest absolute Gasteiger partial charge is 0.496 e. The van der Waals surface area contributed by atoms with E-state index in [9.17, 15) is 4.79 Å². The van der Waals surface area contributed by atoms with Gasteiger partial charge in [-0.2, -0.15) is 0 Å². The minimum absolute atomic E-state index is 0.244. The van der Waals surface area contributed by atoms with Gasteiger partial charge in [-0.1, -0.05) is 18.2 Å². The number of carbonyl (C=O) groups is 1. The Balaban J connectivity index is 1.96. The second kappa shape index (κ2) is 6.58. The molecule has 122 valence electrons. The molecule has 0 radical (unpaired) electrons. The first kappa shape index (κ1) is 15.8. The number of hydrogen-bond acceptors (Lipinski definition) is 5. The van der Waals surface area contributed by atoms with Crippen LogP contribution in [0, 0.1) is 6.92 Å². The van der Waals surface area contributed by atoms with Crippen LogP contribution in [0.4, 0.5) is 0 Å². The van der Waals surface area contributed by atoms with Gasteiger partial charge in [-0.3, -0.25) is 0 Å². The van der Waals surface area contributed by atoms with Gasteiger partial charge in [-0.15, -0.1) is 0 Å². The zero-order valence-corrected chi connectivity index (χ0v) is 13.7. The topological polar surface area (TPSA) is 57.1 Å². The lowest BCUT2D eigenvalue weighted by atomic mass is 10.1. The lowest BCUT2D eigenvalue weighted by Crippen LogP contribution is -2.06. The van der Waals surface area contributed by atoms with Gasteiger partial charge in [-0.25, -0.2) is 9.79 Å². The lowest BCUT2D eigenvalue weighted by Gasteiger charge is -2.05. The van der Waals surface area contributed by atoms with Crippen LogP contribution in [0.1, 0.15) is 16.7 Å². The number of benzene rings is 2. The summed E-state index contributed by atoms with van der Waals surface area (Å²) in [5.74, 6) is 1.16. The molecule has 24 heavy (non-hydrogen) atoms. The Labute approximate surface area is 140 Å². The van der Waals surface area contributed by atoms with E-state index in [2.05, 4.69) is 4.99 Å². The molecule has 0 saturated carbocycles. The van der Waals surface area contributed by atoms with Crippen molar-refractivity contribution in [2.45, 2.75) is 6.92 Å². The van der Waals surface area contributed by atoms with Crippen molar-refractivity contribution in [3.63, 3.8) is 0 Å². The van der Waals surface area contributed by atoms with Crippen LogP contribution in [0.5, 0.6) is 11.5 Å². The van der Waals surface area contributed by atoms with Crippen molar-refractivity contribution < 1.29 is 19.0 Å². The summed E-state index contributed by atoms with van der Waals surface area (Å²) in [5.41, 5.74) is 2.72. The predicted molar refractivity (Wildman–Crippen MR) is 91.3 cm³/mol. The zero-order chi connectivity index (χ0) is 17.1. The first-order valence-electron chi connectivity index (χ1n) is 7.43. The molecule has 0 N–H and O–H groups in total. The number of carbonyl (C=O) groups excluding carboxylic acids is 1. The molecule has 5 heteroatoms. The highest BCUT2D eigenvalue weighted by molar-refractivity contribution is 6.13. The molecular formula is C19H17NO4. The molecule has 2 aromatic rings. The molecule has 0 spiro atoms. The normalized spacial score (nSPS) is 15.2. The van der Waals surface area contributed by atoms with Crippen molar-refractivity contribution in [3.8, 4) is 11.5 Å². The molecule has 1 aliphatic rings. The fourth-order valence-corrected chi connectivity index (χ4v) is 2.49. The molecule has 1 heterocycles. The molecule has 0 atom stereocenters. The van der Waals surface area contributed by atoms with Crippen LogP contribution in [0.25, 0.3) is 6.08 Å². The van der Waals surface area contributed by atoms with Crippen molar-refractivity contribution in [2.24, 2.45) is 4.99 Å². The van der Waals surface area contributed by atoms with Gasteiger partial charge in [0.15, 0.2) is 5.70 Å². The Hall–Kier alpha value is -3.08. The number of rotatable bonds is 4. The lowest BCUT2D eigenvalue weighted by molar-refractivity contribution is -0.129. The van der Waals surface area contributed by atoms with E-state index in [-0.39, 0.29) is 11.6 Å². The number of nitrogens with zero attached hydrogens (tertiary/aromatic N) is 1. The molecule has 0 amide bonds. The maximum absolute atomic E-state index is 12.1. The second-order valence-electron chi connectivity index (χ2n) is 5.27. The number of aliphatic imine (C=N–C) groups is 1. The molecule has 3 rings (SSSR count). The number of aryl methyl sites for hydroxylation is 1. The van der Waals surface area contributed by atoms with E-state index in [1.54, 1.807) is 32.4 Å². The third-order valence-electron chi connectivity index (χ3n) is 3.68. The van der Waals surface area contributed by atoms with Crippen molar-refractivity contribution in [3.05, 3.63) is 64.9 Å². The summed E-state index contributed by atoms with van der Waals surface area (Å²) in [6, 6.07) is 12.9. The van der Waals surface area contributed by atoms with Gasteiger partial charge in [0.05, 0.1) is 19.8 Å². The summed E-state index contributed by atoms with van der Waals surface area (Å²) in [6.07, 6.45) is 1.69. The summed E-state index contributed by atoms with van der Waals surface area (Å²) >= 11 is 0. The number of esters is 1. The summed E-state index contributed by atoms with van der Waals surface area (Å²) < 4.78 is 15.8. The fraction of sp³-hybridized carbons (Fsp3) is 0.158. The molecule has 0 aliphatic carbocycles. The van der Waals surface area contributed by atoms with E-state index in [0.717, 1.165) is 16.9 Å². The minimum Gasteiger partial charge on any atom is -0.496 e. The molecule has 2 aromatic carbocycles. The average Bonchev–Trinajstić information content (AvgIpc) is 2.95. The molecule has 1 aliphatic heterocycles. The molecular weight excluding hydrogens is 306 g/mol. The summed E-state index contributed by atoms with van der Waals surface area (Å²) in [6.45, 7) is 1.94. The average molecular weight is 323 g/mol. The van der Waals surface area contributed by atoms with Gasteiger partial charge in [-0.05, 0) is 48.4 Å². The highest BCUT2D eigenvalue weighted by Crippen LogP contribution is 2.26. The van der Waals surface area contributed by atoms with Crippen LogP contribution in [0.3, 0.4) is 0 Å². The predicted octanol–water partition coefficient (Wildman–Crippen LogP) is 3.36.